The molecule has 0 saturated carbocycles. The third kappa shape index (κ3) is 4.69. The summed E-state index contributed by atoms with van der Waals surface area (Å²) in [7, 11) is 0. The minimum Gasteiger partial charge on any atom is -0.480 e. The summed E-state index contributed by atoms with van der Waals surface area (Å²) in [6.45, 7) is 6.58. The predicted octanol–water partition coefficient (Wildman–Crippen LogP) is 6.30. The van der Waals surface area contributed by atoms with Crippen molar-refractivity contribution < 1.29 is 9.53 Å². The molecule has 0 unspecified atom stereocenters. The van der Waals surface area contributed by atoms with Crippen molar-refractivity contribution in [3.05, 3.63) is 126 Å². The van der Waals surface area contributed by atoms with E-state index >= 15 is 0 Å². The third-order valence-electron chi connectivity index (χ3n) is 6.64. The van der Waals surface area contributed by atoms with Crippen molar-refractivity contribution in [2.45, 2.75) is 38.3 Å². The monoisotopic (exact) mass is 511 g/mol. The first-order chi connectivity index (χ1) is 17.3. The van der Waals surface area contributed by atoms with Crippen LogP contribution in [0, 0.1) is 0 Å². The Morgan fingerprint density at radius 1 is 0.806 bits per heavy atom. The second-order valence-corrected chi connectivity index (χ2v) is 14.3. The van der Waals surface area contributed by atoms with Gasteiger partial charge in [-0.3, -0.25) is 9.88 Å². The number of fused-ring (bicyclic) bond motifs is 1. The Kier molecular flexibility index (Phi) is 6.70. The Hall–Kier alpha value is -3.04. The molecule has 1 aliphatic heterocycles. The molecule has 1 aliphatic rings. The van der Waals surface area contributed by atoms with Crippen LogP contribution in [0.3, 0.4) is 0 Å². The highest BCUT2D eigenvalue weighted by molar-refractivity contribution is 8.20. The van der Waals surface area contributed by atoms with E-state index in [0.717, 1.165) is 21.9 Å². The molecule has 4 aromatic rings. The Balaban J connectivity index is 1.65. The molecule has 3 nitrogen and oxygen atoms in total. The van der Waals surface area contributed by atoms with Gasteiger partial charge in [-0.05, 0) is 23.1 Å². The molecule has 2 atom stereocenters. The van der Waals surface area contributed by atoms with Crippen LogP contribution in [0.1, 0.15) is 48.3 Å². The first-order valence-electron chi connectivity index (χ1n) is 12.2. The molecular formula is C31H30NO2PS. The first-order valence-corrected chi connectivity index (χ1v) is 15.0. The molecule has 1 heterocycles. The number of benzene rings is 4. The summed E-state index contributed by atoms with van der Waals surface area (Å²) in [6.07, 6.45) is -3.22. The minimum atomic E-state index is -2.50. The minimum absolute atomic E-state index is 0.0415. The average molecular weight is 512 g/mol. The second-order valence-electron chi connectivity index (χ2n) is 10.2. The fourth-order valence-corrected chi connectivity index (χ4v) is 8.13. The van der Waals surface area contributed by atoms with E-state index < -0.39 is 12.3 Å². The largest absolute Gasteiger partial charge is 0.480 e. The van der Waals surface area contributed by atoms with Crippen molar-refractivity contribution in [3.8, 4) is 5.75 Å². The van der Waals surface area contributed by atoms with E-state index in [4.69, 9.17) is 16.5 Å². The molecule has 1 N–H and O–H groups in total. The van der Waals surface area contributed by atoms with Gasteiger partial charge in [0.05, 0.1) is 12.2 Å². The molecule has 4 aromatic carbocycles. The van der Waals surface area contributed by atoms with Crippen molar-refractivity contribution in [1.82, 2.24) is 5.09 Å². The van der Waals surface area contributed by atoms with E-state index in [0.29, 0.717) is 5.56 Å². The maximum atomic E-state index is 13.8. The standard InChI is InChI=1S/C31H30NO2PS/c1-31(2,3)23-19-20-27-26(21-23)28(30(34-27)29(33)22-13-7-4-8-14-22)32-35(36,24-15-9-5-10-16-24)25-17-11-6-12-18-25/h4-21,28,30H,1-3H3,(H,32,36)/t28-,30-/m1/s1. The van der Waals surface area contributed by atoms with Crippen LogP contribution in [0.25, 0.3) is 0 Å². The number of hydrogen-bond donors (Lipinski definition) is 1. The van der Waals surface area contributed by atoms with Gasteiger partial charge < -0.3 is 4.74 Å². The molecule has 0 aromatic heterocycles. The fraction of sp³-hybridized carbons (Fsp3) is 0.194. The van der Waals surface area contributed by atoms with Gasteiger partial charge in [0.25, 0.3) is 0 Å². The zero-order chi connectivity index (χ0) is 25.3. The van der Waals surface area contributed by atoms with E-state index in [2.05, 4.69) is 62.3 Å². The van der Waals surface area contributed by atoms with Gasteiger partial charge in [0.2, 0.25) is 5.78 Å². The molecule has 0 aliphatic carbocycles. The van der Waals surface area contributed by atoms with Crippen LogP contribution in [0.5, 0.6) is 5.75 Å². The quantitative estimate of drug-likeness (QED) is 0.243. The summed E-state index contributed by atoms with van der Waals surface area (Å²) in [4.78, 5) is 13.8. The maximum absolute atomic E-state index is 13.8. The summed E-state index contributed by atoms with van der Waals surface area (Å²) in [5, 5.41) is 5.95. The van der Waals surface area contributed by atoms with E-state index in [1.165, 1.54) is 5.56 Å². The summed E-state index contributed by atoms with van der Waals surface area (Å²) >= 11 is 6.50. The Labute approximate surface area is 218 Å². The molecule has 0 radical (unpaired) electrons. The van der Waals surface area contributed by atoms with Crippen molar-refractivity contribution in [2.75, 3.05) is 0 Å². The van der Waals surface area contributed by atoms with Gasteiger partial charge in [0.1, 0.15) is 5.75 Å². The molecule has 5 rings (SSSR count). The third-order valence-corrected chi connectivity index (χ3v) is 10.9. The number of rotatable bonds is 6. The van der Waals surface area contributed by atoms with Gasteiger partial charge in [-0.25, -0.2) is 0 Å². The van der Waals surface area contributed by atoms with Crippen LogP contribution in [-0.2, 0) is 17.2 Å². The highest BCUT2D eigenvalue weighted by Gasteiger charge is 2.43. The van der Waals surface area contributed by atoms with Crippen LogP contribution >= 0.6 is 6.19 Å². The van der Waals surface area contributed by atoms with Gasteiger partial charge in [0.15, 0.2) is 6.10 Å². The number of hydrogen-bond acceptors (Lipinski definition) is 3. The smallest absolute Gasteiger partial charge is 0.205 e. The Bertz CT molecular complexity index is 1370. The van der Waals surface area contributed by atoms with Crippen LogP contribution < -0.4 is 20.4 Å². The topological polar surface area (TPSA) is 38.3 Å². The predicted molar refractivity (Wildman–Crippen MR) is 153 cm³/mol. The molecule has 0 bridgehead atoms. The van der Waals surface area contributed by atoms with Gasteiger partial charge in [0, 0.05) is 21.7 Å². The first kappa shape index (κ1) is 24.6. The molecule has 0 saturated heterocycles. The highest BCUT2D eigenvalue weighted by Crippen LogP contribution is 2.48. The SMILES string of the molecule is CC(C)(C)c1ccc2c(c1)[C@@H](NP(=S)(c1ccccc1)c1ccccc1)[C@H](C(=O)c1ccccc1)O2. The Morgan fingerprint density at radius 2 is 1.33 bits per heavy atom. The second kappa shape index (κ2) is 9.78. The lowest BCUT2D eigenvalue weighted by Crippen LogP contribution is -2.39. The average Bonchev–Trinajstić information content (AvgIpc) is 3.26. The summed E-state index contributed by atoms with van der Waals surface area (Å²) < 4.78 is 6.38. The van der Waals surface area contributed by atoms with Crippen molar-refractivity contribution >= 4 is 34.4 Å². The van der Waals surface area contributed by atoms with Crippen molar-refractivity contribution in [2.24, 2.45) is 0 Å². The normalized spacial score (nSPS) is 17.3. The number of Topliss-reactive ketones (excluding diaryl/α,β-unsaturated/α-hetero) is 1. The van der Waals surface area contributed by atoms with Gasteiger partial charge in [-0.2, -0.15) is 0 Å². The molecule has 0 amide bonds. The van der Waals surface area contributed by atoms with Crippen molar-refractivity contribution in [3.63, 3.8) is 0 Å². The molecule has 0 fully saturated rings. The lowest BCUT2D eigenvalue weighted by molar-refractivity contribution is 0.0787. The van der Waals surface area contributed by atoms with E-state index in [9.17, 15) is 4.79 Å². The van der Waals surface area contributed by atoms with Gasteiger partial charge >= 0.3 is 0 Å². The maximum Gasteiger partial charge on any atom is 0.205 e. The summed E-state index contributed by atoms with van der Waals surface area (Å²) in [6, 6.07) is 35.6. The zero-order valence-electron chi connectivity index (χ0n) is 20.7. The number of nitrogens with one attached hydrogen (secondary N) is 1. The van der Waals surface area contributed by atoms with Crippen LogP contribution in [0.2, 0.25) is 0 Å². The molecule has 5 heteroatoms. The van der Waals surface area contributed by atoms with E-state index in [-0.39, 0.29) is 17.2 Å². The zero-order valence-corrected chi connectivity index (χ0v) is 22.4. The number of ketones is 1. The highest BCUT2D eigenvalue weighted by atomic mass is 32.4. The van der Waals surface area contributed by atoms with E-state index in [1.807, 2.05) is 72.8 Å². The lowest BCUT2D eigenvalue weighted by Gasteiger charge is -2.30. The number of carbonyl (C=O) groups excluding carboxylic acids is 1. The van der Waals surface area contributed by atoms with E-state index in [1.54, 1.807) is 0 Å². The van der Waals surface area contributed by atoms with Crippen LogP contribution in [-0.4, -0.2) is 11.9 Å². The summed E-state index contributed by atoms with van der Waals surface area (Å²) in [5.41, 5.74) is 2.76. The molecular weight excluding hydrogens is 481 g/mol. The molecule has 182 valence electrons. The molecule has 0 spiro atoms. The lowest BCUT2D eigenvalue weighted by atomic mass is 9.85. The van der Waals surface area contributed by atoms with Crippen LogP contribution in [0.4, 0.5) is 0 Å². The fourth-order valence-electron chi connectivity index (χ4n) is 4.61. The van der Waals surface area contributed by atoms with Gasteiger partial charge in [-0.15, -0.1) is 0 Å². The van der Waals surface area contributed by atoms with Crippen LogP contribution in [0.15, 0.2) is 109 Å². The summed E-state index contributed by atoms with van der Waals surface area (Å²) in [5.74, 6) is 0.682. The number of ether oxygens (including phenoxy) is 1. The van der Waals surface area contributed by atoms with Gasteiger partial charge in [-0.1, -0.05) is 130 Å². The Morgan fingerprint density at radius 3 is 1.86 bits per heavy atom. The van der Waals surface area contributed by atoms with Crippen molar-refractivity contribution in [1.29, 1.82) is 0 Å². The number of carbonyl (C=O) groups is 1. The molecule has 36 heavy (non-hydrogen) atoms.